The Morgan fingerprint density at radius 1 is 0.969 bits per heavy atom. The van der Waals surface area contributed by atoms with Gasteiger partial charge in [-0.05, 0) is 43.5 Å². The number of benzene rings is 2. The maximum absolute atomic E-state index is 13.3. The highest BCUT2D eigenvalue weighted by atomic mass is 16.5. The number of likely N-dealkylation sites (tertiary alicyclic amines) is 1. The van der Waals surface area contributed by atoms with Crippen LogP contribution in [0.4, 0.5) is 0 Å². The van der Waals surface area contributed by atoms with Gasteiger partial charge in [0.05, 0.1) is 25.8 Å². The largest absolute Gasteiger partial charge is 0.507 e. The van der Waals surface area contributed by atoms with E-state index in [1.165, 1.54) is 14.2 Å². The van der Waals surface area contributed by atoms with Crippen molar-refractivity contribution in [2.24, 2.45) is 0 Å². The van der Waals surface area contributed by atoms with Crippen LogP contribution in [0.2, 0.25) is 0 Å². The van der Waals surface area contributed by atoms with Crippen molar-refractivity contribution >= 4 is 17.4 Å². The van der Waals surface area contributed by atoms with Crippen LogP contribution in [0.3, 0.4) is 0 Å². The van der Waals surface area contributed by atoms with E-state index in [2.05, 4.69) is 0 Å². The molecule has 2 fully saturated rings. The van der Waals surface area contributed by atoms with Gasteiger partial charge in [-0.2, -0.15) is 0 Å². The second-order valence-corrected chi connectivity index (χ2v) is 8.48. The number of nitrogens with zero attached hydrogens (tertiary/aromatic N) is 1. The number of Topliss-reactive ketones (excluding diaryl/α,β-unsaturated/α-hetero) is 1. The molecule has 0 spiro atoms. The molecule has 1 atom stereocenters. The summed E-state index contributed by atoms with van der Waals surface area (Å²) in [4.78, 5) is 28.2. The lowest BCUT2D eigenvalue weighted by Crippen LogP contribution is -2.40. The molecule has 1 saturated carbocycles. The van der Waals surface area contributed by atoms with E-state index in [9.17, 15) is 14.7 Å². The van der Waals surface area contributed by atoms with Gasteiger partial charge in [0, 0.05) is 11.6 Å². The zero-order valence-corrected chi connectivity index (χ0v) is 18.8. The van der Waals surface area contributed by atoms with Crippen molar-refractivity contribution in [3.8, 4) is 11.5 Å². The molecule has 1 unspecified atom stereocenters. The van der Waals surface area contributed by atoms with Crippen molar-refractivity contribution in [3.05, 3.63) is 64.7 Å². The van der Waals surface area contributed by atoms with Crippen LogP contribution in [-0.4, -0.2) is 42.0 Å². The fourth-order valence-corrected chi connectivity index (χ4v) is 4.89. The molecule has 168 valence electrons. The Kier molecular flexibility index (Phi) is 6.21. The lowest BCUT2D eigenvalue weighted by Gasteiger charge is -2.35. The average Bonchev–Trinajstić information content (AvgIpc) is 3.09. The zero-order chi connectivity index (χ0) is 22.8. The molecule has 1 amide bonds. The maximum atomic E-state index is 13.3. The molecule has 1 saturated heterocycles. The van der Waals surface area contributed by atoms with Crippen molar-refractivity contribution in [2.45, 2.75) is 51.1 Å². The first-order valence-electron chi connectivity index (χ1n) is 11.0. The minimum absolute atomic E-state index is 0.0126. The van der Waals surface area contributed by atoms with Crippen LogP contribution in [0.5, 0.6) is 11.5 Å². The molecule has 1 aliphatic carbocycles. The number of hydrogen-bond acceptors (Lipinski definition) is 5. The lowest BCUT2D eigenvalue weighted by molar-refractivity contribution is -0.141. The molecular formula is C26H29NO5. The highest BCUT2D eigenvalue weighted by molar-refractivity contribution is 6.46. The van der Waals surface area contributed by atoms with E-state index in [0.29, 0.717) is 17.1 Å². The number of carbonyl (C=O) groups excluding carboxylic acids is 2. The van der Waals surface area contributed by atoms with Gasteiger partial charge in [-0.1, -0.05) is 49.1 Å². The first-order chi connectivity index (χ1) is 15.5. The highest BCUT2D eigenvalue weighted by Crippen LogP contribution is 2.43. The van der Waals surface area contributed by atoms with E-state index >= 15 is 0 Å². The number of ketones is 1. The lowest BCUT2D eigenvalue weighted by atomic mass is 9.90. The van der Waals surface area contributed by atoms with Gasteiger partial charge in [0.1, 0.15) is 5.76 Å². The van der Waals surface area contributed by atoms with Crippen LogP contribution in [0.25, 0.3) is 5.76 Å². The monoisotopic (exact) mass is 435 g/mol. The summed E-state index contributed by atoms with van der Waals surface area (Å²) in [6, 6.07) is 12.1. The summed E-state index contributed by atoms with van der Waals surface area (Å²) < 4.78 is 10.6. The molecule has 2 aromatic carbocycles. The van der Waals surface area contributed by atoms with E-state index < -0.39 is 17.7 Å². The third-order valence-corrected chi connectivity index (χ3v) is 6.46. The molecule has 1 heterocycles. The summed E-state index contributed by atoms with van der Waals surface area (Å²) in [7, 11) is 3.04. The van der Waals surface area contributed by atoms with Crippen molar-refractivity contribution in [2.75, 3.05) is 14.2 Å². The van der Waals surface area contributed by atoms with E-state index in [4.69, 9.17) is 9.47 Å². The van der Waals surface area contributed by atoms with Gasteiger partial charge >= 0.3 is 0 Å². The number of ether oxygens (including phenoxy) is 2. The minimum atomic E-state index is -0.644. The van der Waals surface area contributed by atoms with Crippen LogP contribution in [0.15, 0.2) is 48.0 Å². The Labute approximate surface area is 188 Å². The Morgan fingerprint density at radius 3 is 2.34 bits per heavy atom. The van der Waals surface area contributed by atoms with Crippen LogP contribution < -0.4 is 9.47 Å². The Bertz CT molecular complexity index is 1070. The second-order valence-electron chi connectivity index (χ2n) is 8.48. The number of rotatable bonds is 5. The summed E-state index contributed by atoms with van der Waals surface area (Å²) in [6.45, 7) is 1.98. The number of aryl methyl sites for hydroxylation is 1. The topological polar surface area (TPSA) is 76.1 Å². The maximum Gasteiger partial charge on any atom is 0.295 e. The molecule has 4 rings (SSSR count). The zero-order valence-electron chi connectivity index (χ0n) is 18.8. The Hall–Kier alpha value is -3.28. The molecular weight excluding hydrogens is 406 g/mol. The number of methoxy groups -OCH3 is 2. The Balaban J connectivity index is 1.88. The first-order valence-corrected chi connectivity index (χ1v) is 11.0. The number of aliphatic hydroxyl groups excluding tert-OH is 1. The van der Waals surface area contributed by atoms with Crippen molar-refractivity contribution in [3.63, 3.8) is 0 Å². The summed E-state index contributed by atoms with van der Waals surface area (Å²) in [5.74, 6) is -0.430. The van der Waals surface area contributed by atoms with Gasteiger partial charge in [-0.15, -0.1) is 0 Å². The van der Waals surface area contributed by atoms with Gasteiger partial charge < -0.3 is 19.5 Å². The average molecular weight is 436 g/mol. The van der Waals surface area contributed by atoms with Gasteiger partial charge in [-0.3, -0.25) is 9.59 Å². The smallest absolute Gasteiger partial charge is 0.295 e. The SMILES string of the molecule is COc1ccc(/C(O)=C2/C(=O)C(=O)N(C3CCCCC3)C2c2cccc(C)c2)cc1OC. The normalized spacial score (nSPS) is 21.1. The number of hydrogen-bond donors (Lipinski definition) is 1. The van der Waals surface area contributed by atoms with Crippen molar-refractivity contribution < 1.29 is 24.2 Å². The molecule has 1 N–H and O–H groups in total. The predicted octanol–water partition coefficient (Wildman–Crippen LogP) is 4.77. The van der Waals surface area contributed by atoms with Crippen LogP contribution in [0.1, 0.15) is 54.8 Å². The highest BCUT2D eigenvalue weighted by Gasteiger charge is 2.48. The van der Waals surface area contributed by atoms with Gasteiger partial charge in [0.25, 0.3) is 11.7 Å². The fraction of sp³-hybridized carbons (Fsp3) is 0.385. The number of amides is 1. The first kappa shape index (κ1) is 21.9. The van der Waals surface area contributed by atoms with E-state index in [0.717, 1.165) is 43.2 Å². The van der Waals surface area contributed by atoms with Gasteiger partial charge in [0.2, 0.25) is 0 Å². The predicted molar refractivity (Wildman–Crippen MR) is 122 cm³/mol. The van der Waals surface area contributed by atoms with E-state index in [1.54, 1.807) is 23.1 Å². The van der Waals surface area contributed by atoms with E-state index in [-0.39, 0.29) is 17.4 Å². The van der Waals surface area contributed by atoms with Crippen LogP contribution in [0, 0.1) is 6.92 Å². The molecule has 0 radical (unpaired) electrons. The van der Waals surface area contributed by atoms with Gasteiger partial charge in [0.15, 0.2) is 11.5 Å². The quantitative estimate of drug-likeness (QED) is 0.416. The van der Waals surface area contributed by atoms with Crippen LogP contribution >= 0.6 is 0 Å². The molecule has 6 nitrogen and oxygen atoms in total. The second kappa shape index (κ2) is 9.07. The van der Waals surface area contributed by atoms with E-state index in [1.807, 2.05) is 31.2 Å². The third kappa shape index (κ3) is 3.85. The summed E-state index contributed by atoms with van der Waals surface area (Å²) in [5.41, 5.74) is 2.39. The standard InChI is InChI=1S/C26H29NO5/c1-16-8-7-9-17(14-16)23-22(24(28)18-12-13-20(31-2)21(15-18)32-3)25(29)26(30)27(23)19-10-5-4-6-11-19/h7-9,12-15,19,23,28H,4-6,10-11H2,1-3H3/b24-22-. The number of carbonyl (C=O) groups is 2. The Morgan fingerprint density at radius 2 is 1.69 bits per heavy atom. The van der Waals surface area contributed by atoms with Crippen molar-refractivity contribution in [1.82, 2.24) is 4.90 Å². The van der Waals surface area contributed by atoms with Gasteiger partial charge in [-0.25, -0.2) is 0 Å². The molecule has 0 aromatic heterocycles. The molecule has 2 aliphatic rings. The molecule has 6 heteroatoms. The molecule has 32 heavy (non-hydrogen) atoms. The van der Waals surface area contributed by atoms with Crippen molar-refractivity contribution in [1.29, 1.82) is 0 Å². The summed E-state index contributed by atoms with van der Waals surface area (Å²) in [6.07, 6.45) is 4.94. The molecule has 0 bridgehead atoms. The number of aliphatic hydroxyl groups is 1. The summed E-state index contributed by atoms with van der Waals surface area (Å²) >= 11 is 0. The van der Waals surface area contributed by atoms with Crippen LogP contribution in [-0.2, 0) is 9.59 Å². The third-order valence-electron chi connectivity index (χ3n) is 6.46. The minimum Gasteiger partial charge on any atom is -0.507 e. The summed E-state index contributed by atoms with van der Waals surface area (Å²) in [5, 5.41) is 11.3. The molecule has 1 aliphatic heterocycles. The fourth-order valence-electron chi connectivity index (χ4n) is 4.89. The molecule has 2 aromatic rings.